The fraction of sp³-hybridized carbons (Fsp3) is 0.222. The summed E-state index contributed by atoms with van der Waals surface area (Å²) in [6.07, 6.45) is 4.53. The molecule has 0 aliphatic rings. The first-order valence-corrected chi connectivity index (χ1v) is 7.17. The molecule has 3 rings (SSSR count). The Bertz CT molecular complexity index is 770. The molecule has 1 aromatic carbocycles. The van der Waals surface area contributed by atoms with E-state index < -0.39 is 0 Å². The van der Waals surface area contributed by atoms with Gasteiger partial charge in [-0.15, -0.1) is 0 Å². The lowest BCUT2D eigenvalue weighted by atomic mass is 10.0. The molecule has 0 aliphatic heterocycles. The van der Waals surface area contributed by atoms with Gasteiger partial charge in [-0.3, -0.25) is 4.79 Å². The van der Waals surface area contributed by atoms with Gasteiger partial charge in [-0.05, 0) is 29.2 Å². The molecule has 0 fully saturated rings. The lowest BCUT2D eigenvalue weighted by Crippen LogP contribution is -1.99. The number of fused-ring (bicyclic) bond motifs is 1. The van der Waals surface area contributed by atoms with E-state index in [2.05, 4.69) is 43.1 Å². The van der Waals surface area contributed by atoms with Crippen molar-refractivity contribution in [2.45, 2.75) is 26.3 Å². The first-order chi connectivity index (χ1) is 10.2. The third-order valence-corrected chi connectivity index (χ3v) is 3.79. The molecule has 2 aromatic heterocycles. The molecular weight excluding hydrogens is 260 g/mol. The molecule has 0 saturated heterocycles. The van der Waals surface area contributed by atoms with Crippen LogP contribution < -0.4 is 0 Å². The summed E-state index contributed by atoms with van der Waals surface area (Å²) < 4.78 is 2.03. The van der Waals surface area contributed by atoms with Crippen LogP contribution in [0.3, 0.4) is 0 Å². The second kappa shape index (κ2) is 5.52. The van der Waals surface area contributed by atoms with Crippen molar-refractivity contribution in [3.63, 3.8) is 0 Å². The second-order valence-electron chi connectivity index (χ2n) is 5.60. The Hall–Kier alpha value is -2.42. The maximum absolute atomic E-state index is 11.2. The number of pyridine rings is 1. The number of hydrogen-bond donors (Lipinski definition) is 0. The number of nitrogens with zero attached hydrogens (tertiary/aromatic N) is 2. The molecule has 0 aliphatic carbocycles. The van der Waals surface area contributed by atoms with Crippen molar-refractivity contribution in [2.24, 2.45) is 0 Å². The highest BCUT2D eigenvalue weighted by molar-refractivity contribution is 5.95. The average Bonchev–Trinajstić information content (AvgIpc) is 2.86. The number of aromatic nitrogens is 2. The number of benzene rings is 1. The first kappa shape index (κ1) is 13.6. The summed E-state index contributed by atoms with van der Waals surface area (Å²) in [4.78, 5) is 15.6. The van der Waals surface area contributed by atoms with E-state index in [0.29, 0.717) is 11.5 Å². The molecule has 0 radical (unpaired) electrons. The smallest absolute Gasteiger partial charge is 0.152 e. The Kier molecular flexibility index (Phi) is 3.57. The Morgan fingerprint density at radius 2 is 1.95 bits per heavy atom. The fourth-order valence-electron chi connectivity index (χ4n) is 2.57. The molecule has 106 valence electrons. The molecule has 0 N–H and O–H groups in total. The van der Waals surface area contributed by atoms with Gasteiger partial charge >= 0.3 is 0 Å². The van der Waals surface area contributed by atoms with Crippen molar-refractivity contribution < 1.29 is 4.79 Å². The van der Waals surface area contributed by atoms with E-state index >= 15 is 0 Å². The fourth-order valence-corrected chi connectivity index (χ4v) is 2.57. The van der Waals surface area contributed by atoms with Crippen molar-refractivity contribution in [3.8, 4) is 0 Å². The highest BCUT2D eigenvalue weighted by Gasteiger charge is 2.09. The Morgan fingerprint density at radius 3 is 2.62 bits per heavy atom. The summed E-state index contributed by atoms with van der Waals surface area (Å²) in [6, 6.07) is 12.4. The van der Waals surface area contributed by atoms with Gasteiger partial charge in [0, 0.05) is 29.9 Å². The number of aldehydes is 1. The van der Waals surface area contributed by atoms with Gasteiger partial charge in [0.05, 0.1) is 0 Å². The molecule has 0 unspecified atom stereocenters. The van der Waals surface area contributed by atoms with Crippen LogP contribution >= 0.6 is 0 Å². The van der Waals surface area contributed by atoms with Crippen molar-refractivity contribution in [1.82, 2.24) is 9.55 Å². The second-order valence-corrected chi connectivity index (χ2v) is 5.60. The van der Waals surface area contributed by atoms with Crippen molar-refractivity contribution in [1.29, 1.82) is 0 Å². The number of rotatable bonds is 4. The SMILES string of the molecule is CC(C)c1ccc(Cn2cc(C=O)c3cccnc32)cc1. The molecule has 21 heavy (non-hydrogen) atoms. The molecule has 3 aromatic rings. The van der Waals surface area contributed by atoms with Crippen LogP contribution in [0.15, 0.2) is 48.8 Å². The summed E-state index contributed by atoms with van der Waals surface area (Å²) >= 11 is 0. The molecule has 0 atom stereocenters. The van der Waals surface area contributed by atoms with Gasteiger partial charge in [0.15, 0.2) is 6.29 Å². The summed E-state index contributed by atoms with van der Waals surface area (Å²) in [5, 5.41) is 0.909. The Balaban J connectivity index is 1.96. The molecule has 0 bridgehead atoms. The number of carbonyl (C=O) groups excluding carboxylic acids is 1. The highest BCUT2D eigenvalue weighted by Crippen LogP contribution is 2.20. The van der Waals surface area contributed by atoms with Gasteiger partial charge in [0.25, 0.3) is 0 Å². The highest BCUT2D eigenvalue weighted by atomic mass is 16.1. The number of hydrogen-bond acceptors (Lipinski definition) is 2. The van der Waals surface area contributed by atoms with Gasteiger partial charge < -0.3 is 4.57 Å². The van der Waals surface area contributed by atoms with Gasteiger partial charge in [0.2, 0.25) is 0 Å². The van der Waals surface area contributed by atoms with Crippen LogP contribution in [0.25, 0.3) is 11.0 Å². The summed E-state index contributed by atoms with van der Waals surface area (Å²) in [5.74, 6) is 0.537. The Labute approximate surface area is 124 Å². The van der Waals surface area contributed by atoms with E-state index in [1.54, 1.807) is 6.20 Å². The van der Waals surface area contributed by atoms with Crippen LogP contribution in [-0.4, -0.2) is 15.8 Å². The van der Waals surface area contributed by atoms with Gasteiger partial charge in [-0.2, -0.15) is 0 Å². The quantitative estimate of drug-likeness (QED) is 0.676. The molecule has 0 spiro atoms. The predicted octanol–water partition coefficient (Wildman–Crippen LogP) is 4.02. The van der Waals surface area contributed by atoms with E-state index in [0.717, 1.165) is 23.9 Å². The van der Waals surface area contributed by atoms with E-state index in [9.17, 15) is 4.79 Å². The normalized spacial score (nSPS) is 11.2. The minimum Gasteiger partial charge on any atom is -0.327 e. The van der Waals surface area contributed by atoms with Crippen LogP contribution in [-0.2, 0) is 6.54 Å². The summed E-state index contributed by atoms with van der Waals surface area (Å²) in [5.41, 5.74) is 4.09. The zero-order valence-corrected chi connectivity index (χ0v) is 12.3. The monoisotopic (exact) mass is 278 g/mol. The maximum atomic E-state index is 11.2. The van der Waals surface area contributed by atoms with E-state index in [-0.39, 0.29) is 0 Å². The van der Waals surface area contributed by atoms with Crippen molar-refractivity contribution >= 4 is 17.3 Å². The predicted molar refractivity (Wildman–Crippen MR) is 84.8 cm³/mol. The largest absolute Gasteiger partial charge is 0.327 e. The van der Waals surface area contributed by atoms with E-state index in [1.165, 1.54) is 11.1 Å². The maximum Gasteiger partial charge on any atom is 0.152 e. The van der Waals surface area contributed by atoms with Gasteiger partial charge in [0.1, 0.15) is 5.65 Å². The van der Waals surface area contributed by atoms with Crippen molar-refractivity contribution in [2.75, 3.05) is 0 Å². The minimum atomic E-state index is 0.537. The van der Waals surface area contributed by atoms with Crippen LogP contribution in [0.2, 0.25) is 0 Å². The molecule has 2 heterocycles. The van der Waals surface area contributed by atoms with Crippen LogP contribution in [0.5, 0.6) is 0 Å². The van der Waals surface area contributed by atoms with E-state index in [1.807, 2.05) is 22.9 Å². The average molecular weight is 278 g/mol. The lowest BCUT2D eigenvalue weighted by molar-refractivity contribution is 0.112. The first-order valence-electron chi connectivity index (χ1n) is 7.17. The number of carbonyl (C=O) groups is 1. The molecule has 3 heteroatoms. The zero-order valence-electron chi connectivity index (χ0n) is 12.3. The molecule has 0 saturated carbocycles. The van der Waals surface area contributed by atoms with Crippen LogP contribution in [0, 0.1) is 0 Å². The zero-order chi connectivity index (χ0) is 14.8. The molecule has 0 amide bonds. The summed E-state index contributed by atoms with van der Waals surface area (Å²) in [7, 11) is 0. The third-order valence-electron chi connectivity index (χ3n) is 3.79. The van der Waals surface area contributed by atoms with Gasteiger partial charge in [-0.25, -0.2) is 4.98 Å². The molecule has 3 nitrogen and oxygen atoms in total. The van der Waals surface area contributed by atoms with Gasteiger partial charge in [-0.1, -0.05) is 38.1 Å². The third kappa shape index (κ3) is 2.59. The van der Waals surface area contributed by atoms with Crippen LogP contribution in [0.1, 0.15) is 41.3 Å². The Morgan fingerprint density at radius 1 is 1.19 bits per heavy atom. The topological polar surface area (TPSA) is 34.9 Å². The van der Waals surface area contributed by atoms with Crippen LogP contribution in [0.4, 0.5) is 0 Å². The minimum absolute atomic E-state index is 0.537. The standard InChI is InChI=1S/C18H18N2O/c1-13(2)15-7-5-14(6-8-15)10-20-11-16(12-21)17-4-3-9-19-18(17)20/h3-9,11-13H,10H2,1-2H3. The lowest BCUT2D eigenvalue weighted by Gasteiger charge is -2.08. The van der Waals surface area contributed by atoms with Crippen molar-refractivity contribution in [3.05, 3.63) is 65.5 Å². The van der Waals surface area contributed by atoms with E-state index in [4.69, 9.17) is 0 Å². The molecular formula is C18H18N2O. The summed E-state index contributed by atoms with van der Waals surface area (Å²) in [6.45, 7) is 5.10.